The third-order valence-electron chi connectivity index (χ3n) is 3.49. The number of anilines is 1. The molecule has 27 heavy (non-hydrogen) atoms. The van der Waals surface area contributed by atoms with Crippen LogP contribution in [0.2, 0.25) is 5.02 Å². The third kappa shape index (κ3) is 4.69. The number of methoxy groups -OCH3 is 1. The van der Waals surface area contributed by atoms with Crippen LogP contribution >= 0.6 is 11.6 Å². The Kier molecular flexibility index (Phi) is 6.29. The molecule has 10 heteroatoms. The zero-order chi connectivity index (χ0) is 20.1. The second-order valence-electron chi connectivity index (χ2n) is 5.32. The van der Waals surface area contributed by atoms with Crippen molar-refractivity contribution in [2.75, 3.05) is 12.5 Å². The summed E-state index contributed by atoms with van der Waals surface area (Å²) in [6.07, 6.45) is -5.23. The molecule has 144 valence electrons. The molecule has 0 saturated heterocycles. The maximum Gasteiger partial charge on any atom is 0.438 e. The van der Waals surface area contributed by atoms with Gasteiger partial charge in [0, 0.05) is 16.3 Å². The fourth-order valence-electron chi connectivity index (χ4n) is 2.08. The molecule has 0 heterocycles. The molecule has 0 aliphatic heterocycles. The molecule has 2 aromatic carbocycles. The lowest BCUT2D eigenvalue weighted by Crippen LogP contribution is -2.73. The minimum atomic E-state index is -5.23. The number of rotatable bonds is 6. The van der Waals surface area contributed by atoms with Gasteiger partial charge < -0.3 is 15.5 Å². The van der Waals surface area contributed by atoms with Crippen LogP contribution in [0.4, 0.5) is 18.9 Å². The van der Waals surface area contributed by atoms with Crippen molar-refractivity contribution in [1.82, 2.24) is 10.7 Å². The Labute approximate surface area is 157 Å². The number of hydrogen-bond donors (Lipinski definition) is 3. The van der Waals surface area contributed by atoms with Crippen LogP contribution in [0, 0.1) is 0 Å². The molecule has 0 radical (unpaired) electrons. The number of ether oxygens (including phenoxy) is 1. The Morgan fingerprint density at radius 1 is 1.00 bits per heavy atom. The molecular formula is C17H15ClF3N3O3. The molecule has 0 aliphatic rings. The Morgan fingerprint density at radius 2 is 1.59 bits per heavy atom. The molecule has 0 saturated carbocycles. The van der Waals surface area contributed by atoms with Crippen molar-refractivity contribution >= 4 is 29.2 Å². The average molecular weight is 402 g/mol. The number of amides is 1. The number of carbonyl (C=O) groups excluding carboxylic acids is 2. The number of para-hydroxylation sites is 1. The van der Waals surface area contributed by atoms with Gasteiger partial charge in [0.25, 0.3) is 5.91 Å². The summed E-state index contributed by atoms with van der Waals surface area (Å²) in [5, 5.41) is 1.97. The monoisotopic (exact) mass is 401 g/mol. The minimum absolute atomic E-state index is 0.126. The number of carbonyl (C=O) groups is 2. The highest BCUT2D eigenvalue weighted by Gasteiger charge is 2.63. The van der Waals surface area contributed by atoms with Gasteiger partial charge in [0.1, 0.15) is 0 Å². The minimum Gasteiger partial charge on any atom is -0.466 e. The van der Waals surface area contributed by atoms with Crippen LogP contribution in [0.1, 0.15) is 10.4 Å². The lowest BCUT2D eigenvalue weighted by atomic mass is 10.1. The Morgan fingerprint density at radius 3 is 2.11 bits per heavy atom. The summed E-state index contributed by atoms with van der Waals surface area (Å²) in [6, 6.07) is 12.8. The average Bonchev–Trinajstić information content (AvgIpc) is 2.64. The molecule has 0 aliphatic carbocycles. The topological polar surface area (TPSA) is 79.5 Å². The van der Waals surface area contributed by atoms with Gasteiger partial charge >= 0.3 is 17.8 Å². The van der Waals surface area contributed by atoms with Gasteiger partial charge in [-0.15, -0.1) is 0 Å². The number of benzene rings is 2. The molecule has 3 N–H and O–H groups in total. The normalized spacial score (nSPS) is 13.4. The van der Waals surface area contributed by atoms with E-state index >= 15 is 0 Å². The number of hydrazine groups is 1. The second kappa shape index (κ2) is 8.28. The highest BCUT2D eigenvalue weighted by Crippen LogP contribution is 2.30. The molecule has 0 bridgehead atoms. The summed E-state index contributed by atoms with van der Waals surface area (Å²) in [7, 11) is 0.779. The van der Waals surface area contributed by atoms with E-state index in [2.05, 4.69) is 10.2 Å². The van der Waals surface area contributed by atoms with Crippen molar-refractivity contribution in [3.63, 3.8) is 0 Å². The largest absolute Gasteiger partial charge is 0.466 e. The van der Waals surface area contributed by atoms with E-state index in [4.69, 9.17) is 11.6 Å². The van der Waals surface area contributed by atoms with E-state index in [1.54, 1.807) is 23.5 Å². The van der Waals surface area contributed by atoms with Gasteiger partial charge in [0.15, 0.2) is 0 Å². The Hall–Kier alpha value is -2.78. The first-order valence-electron chi connectivity index (χ1n) is 7.51. The van der Waals surface area contributed by atoms with Gasteiger partial charge in [-0.3, -0.25) is 4.79 Å². The van der Waals surface area contributed by atoms with Crippen LogP contribution in [0.25, 0.3) is 0 Å². The predicted octanol–water partition coefficient (Wildman–Crippen LogP) is 3.12. The Bertz CT molecular complexity index is 801. The quantitative estimate of drug-likeness (QED) is 0.394. The van der Waals surface area contributed by atoms with Crippen LogP contribution in [-0.2, 0) is 9.53 Å². The highest BCUT2D eigenvalue weighted by molar-refractivity contribution is 6.30. The molecule has 0 spiro atoms. The summed E-state index contributed by atoms with van der Waals surface area (Å²) in [5.41, 5.74) is 0.684. The SMILES string of the molecule is COC(=O)C(NNc1ccccc1)(NC(=O)c1ccc(Cl)cc1)C(F)(F)F. The predicted molar refractivity (Wildman–Crippen MR) is 92.9 cm³/mol. The van der Waals surface area contributed by atoms with E-state index < -0.39 is 23.7 Å². The lowest BCUT2D eigenvalue weighted by molar-refractivity contribution is -0.215. The molecule has 1 unspecified atom stereocenters. The van der Waals surface area contributed by atoms with E-state index in [0.29, 0.717) is 5.02 Å². The first-order chi connectivity index (χ1) is 12.7. The summed E-state index contributed by atoms with van der Waals surface area (Å²) < 4.78 is 45.7. The van der Waals surface area contributed by atoms with Crippen molar-refractivity contribution in [1.29, 1.82) is 0 Å². The number of nitrogens with one attached hydrogen (secondary N) is 3. The van der Waals surface area contributed by atoms with Crippen molar-refractivity contribution in [3.8, 4) is 0 Å². The van der Waals surface area contributed by atoms with Crippen LogP contribution in [-0.4, -0.2) is 30.8 Å². The van der Waals surface area contributed by atoms with E-state index in [1.165, 1.54) is 36.4 Å². The number of hydrogen-bond acceptors (Lipinski definition) is 5. The van der Waals surface area contributed by atoms with Crippen LogP contribution in [0.3, 0.4) is 0 Å². The zero-order valence-electron chi connectivity index (χ0n) is 13.9. The highest BCUT2D eigenvalue weighted by atomic mass is 35.5. The summed E-state index contributed by atoms with van der Waals surface area (Å²) in [5.74, 6) is -2.91. The molecule has 2 aromatic rings. The third-order valence-corrected chi connectivity index (χ3v) is 3.74. The van der Waals surface area contributed by atoms with Gasteiger partial charge in [-0.2, -0.15) is 18.6 Å². The second-order valence-corrected chi connectivity index (χ2v) is 5.75. The number of esters is 1. The molecule has 0 fully saturated rings. The molecular weight excluding hydrogens is 387 g/mol. The molecule has 1 amide bonds. The number of halogens is 4. The van der Waals surface area contributed by atoms with E-state index in [-0.39, 0.29) is 11.3 Å². The molecule has 0 aromatic heterocycles. The summed E-state index contributed by atoms with van der Waals surface area (Å²) >= 11 is 5.70. The van der Waals surface area contributed by atoms with Gasteiger partial charge in [-0.1, -0.05) is 29.8 Å². The van der Waals surface area contributed by atoms with Gasteiger partial charge in [0.2, 0.25) is 0 Å². The van der Waals surface area contributed by atoms with Crippen molar-refractivity contribution in [3.05, 3.63) is 65.2 Å². The van der Waals surface area contributed by atoms with Crippen molar-refractivity contribution < 1.29 is 27.5 Å². The van der Waals surface area contributed by atoms with Gasteiger partial charge in [-0.05, 0) is 36.4 Å². The smallest absolute Gasteiger partial charge is 0.438 e. The van der Waals surface area contributed by atoms with Crippen LogP contribution in [0.5, 0.6) is 0 Å². The van der Waals surface area contributed by atoms with Crippen LogP contribution < -0.4 is 16.2 Å². The van der Waals surface area contributed by atoms with Crippen LogP contribution in [0.15, 0.2) is 54.6 Å². The van der Waals surface area contributed by atoms with E-state index in [0.717, 1.165) is 7.11 Å². The zero-order valence-corrected chi connectivity index (χ0v) is 14.7. The summed E-state index contributed by atoms with van der Waals surface area (Å²) in [4.78, 5) is 24.4. The lowest BCUT2D eigenvalue weighted by Gasteiger charge is -2.34. The molecule has 1 atom stereocenters. The first-order valence-corrected chi connectivity index (χ1v) is 7.89. The maximum absolute atomic E-state index is 13.8. The molecule has 6 nitrogen and oxygen atoms in total. The van der Waals surface area contributed by atoms with E-state index in [9.17, 15) is 22.8 Å². The van der Waals surface area contributed by atoms with Gasteiger partial charge in [-0.25, -0.2) is 4.79 Å². The van der Waals surface area contributed by atoms with Crippen molar-refractivity contribution in [2.24, 2.45) is 0 Å². The number of alkyl halides is 3. The van der Waals surface area contributed by atoms with E-state index in [1.807, 2.05) is 5.43 Å². The molecule has 2 rings (SSSR count). The summed E-state index contributed by atoms with van der Waals surface area (Å²) in [6.45, 7) is 0. The Balaban J connectivity index is 2.36. The fourth-order valence-corrected chi connectivity index (χ4v) is 2.20. The first kappa shape index (κ1) is 20.5. The van der Waals surface area contributed by atoms with Gasteiger partial charge in [0.05, 0.1) is 7.11 Å². The standard InChI is InChI=1S/C17H15ClF3N3O3/c1-27-15(26)16(17(19,20)21,24-23-13-5-3-2-4-6-13)22-14(25)11-7-9-12(18)10-8-11/h2-10,23-24H,1H3,(H,22,25). The van der Waals surface area contributed by atoms with Crippen molar-refractivity contribution in [2.45, 2.75) is 11.8 Å². The maximum atomic E-state index is 13.8. The fraction of sp³-hybridized carbons (Fsp3) is 0.176.